The number of aryl methyl sites for hydroxylation is 2. The molecule has 0 aliphatic heterocycles. The monoisotopic (exact) mass is 383 g/mol. The zero-order valence-corrected chi connectivity index (χ0v) is 15.5. The number of carbonyl (C=O) groups is 2. The van der Waals surface area contributed by atoms with E-state index in [9.17, 15) is 9.59 Å². The molecule has 0 aliphatic carbocycles. The summed E-state index contributed by atoms with van der Waals surface area (Å²) in [6, 6.07) is 11.9. The molecule has 0 saturated heterocycles. The van der Waals surface area contributed by atoms with Gasteiger partial charge in [0, 0.05) is 5.69 Å². The molecule has 2 N–H and O–H groups in total. The Bertz CT molecular complexity index is 985. The molecule has 27 heavy (non-hydrogen) atoms. The lowest BCUT2D eigenvalue weighted by Gasteiger charge is -2.07. The smallest absolute Gasteiger partial charge is 0.335 e. The Morgan fingerprint density at radius 2 is 1.85 bits per heavy atom. The third-order valence-corrected chi connectivity index (χ3v) is 4.84. The number of amides is 1. The molecule has 0 aliphatic rings. The highest BCUT2D eigenvalue weighted by atomic mass is 32.2. The average molecular weight is 383 g/mol. The zero-order chi connectivity index (χ0) is 19.4. The number of carboxylic acid groups (broad SMARTS) is 1. The van der Waals surface area contributed by atoms with E-state index in [0.717, 1.165) is 11.3 Å². The van der Waals surface area contributed by atoms with Crippen LogP contribution in [0.5, 0.6) is 0 Å². The molecule has 3 aromatic rings. The number of anilines is 1. The lowest BCUT2D eigenvalue weighted by atomic mass is 10.1. The van der Waals surface area contributed by atoms with Crippen molar-refractivity contribution >= 4 is 29.3 Å². The van der Waals surface area contributed by atoms with Crippen molar-refractivity contribution in [1.82, 2.24) is 20.2 Å². The number of aromatic nitrogens is 4. The number of carboxylic acids is 1. The normalized spacial score (nSPS) is 10.6. The van der Waals surface area contributed by atoms with Gasteiger partial charge in [-0.2, -0.15) is 4.68 Å². The number of benzene rings is 2. The van der Waals surface area contributed by atoms with Crippen LogP contribution in [-0.4, -0.2) is 42.9 Å². The minimum Gasteiger partial charge on any atom is -0.478 e. The van der Waals surface area contributed by atoms with Crippen molar-refractivity contribution in [1.29, 1.82) is 0 Å². The van der Waals surface area contributed by atoms with E-state index < -0.39 is 5.97 Å². The number of thioether (sulfide) groups is 1. The van der Waals surface area contributed by atoms with Crippen molar-refractivity contribution in [3.63, 3.8) is 0 Å². The van der Waals surface area contributed by atoms with Crippen molar-refractivity contribution < 1.29 is 14.7 Å². The SMILES string of the molecule is Cc1ccc(-n2nnnc2SCC(=O)Nc2ccc(C(=O)O)cc2)cc1C. The van der Waals surface area contributed by atoms with Gasteiger partial charge in [0.1, 0.15) is 0 Å². The largest absolute Gasteiger partial charge is 0.478 e. The molecule has 1 aromatic heterocycles. The van der Waals surface area contributed by atoms with Gasteiger partial charge in [0.15, 0.2) is 0 Å². The van der Waals surface area contributed by atoms with Gasteiger partial charge in [-0.05, 0) is 71.8 Å². The fourth-order valence-electron chi connectivity index (χ4n) is 2.31. The molecule has 0 spiro atoms. The van der Waals surface area contributed by atoms with Crippen LogP contribution in [0.3, 0.4) is 0 Å². The van der Waals surface area contributed by atoms with Gasteiger partial charge in [-0.15, -0.1) is 5.10 Å². The molecular weight excluding hydrogens is 366 g/mol. The standard InChI is InChI=1S/C18H17N5O3S/c1-11-3-8-15(9-12(11)2)23-18(20-21-22-23)27-10-16(24)19-14-6-4-13(5-7-14)17(25)26/h3-9H,10H2,1-2H3,(H,19,24)(H,25,26). The number of tetrazole rings is 1. The van der Waals surface area contributed by atoms with Gasteiger partial charge in [-0.3, -0.25) is 4.79 Å². The molecule has 0 bridgehead atoms. The number of nitrogens with zero attached hydrogens (tertiary/aromatic N) is 4. The number of carbonyl (C=O) groups excluding carboxylic acids is 1. The van der Waals surface area contributed by atoms with E-state index in [1.807, 2.05) is 32.0 Å². The zero-order valence-electron chi connectivity index (χ0n) is 14.7. The van der Waals surface area contributed by atoms with Crippen LogP contribution in [-0.2, 0) is 4.79 Å². The van der Waals surface area contributed by atoms with Gasteiger partial charge < -0.3 is 10.4 Å². The number of rotatable bonds is 6. The molecule has 8 nitrogen and oxygen atoms in total. The van der Waals surface area contributed by atoms with Crippen LogP contribution in [0.2, 0.25) is 0 Å². The van der Waals surface area contributed by atoms with Crippen LogP contribution in [0.4, 0.5) is 5.69 Å². The van der Waals surface area contributed by atoms with E-state index >= 15 is 0 Å². The summed E-state index contributed by atoms with van der Waals surface area (Å²) in [6.07, 6.45) is 0. The third kappa shape index (κ3) is 4.50. The van der Waals surface area contributed by atoms with Crippen LogP contribution < -0.4 is 5.32 Å². The topological polar surface area (TPSA) is 110 Å². The molecule has 0 radical (unpaired) electrons. The van der Waals surface area contributed by atoms with E-state index in [4.69, 9.17) is 5.11 Å². The maximum absolute atomic E-state index is 12.1. The van der Waals surface area contributed by atoms with Gasteiger partial charge in [0.25, 0.3) is 0 Å². The Morgan fingerprint density at radius 1 is 1.11 bits per heavy atom. The minimum absolute atomic E-state index is 0.117. The summed E-state index contributed by atoms with van der Waals surface area (Å²) in [5.74, 6) is -1.13. The third-order valence-electron chi connectivity index (χ3n) is 3.92. The molecule has 1 heterocycles. The van der Waals surface area contributed by atoms with Crippen molar-refractivity contribution in [2.75, 3.05) is 11.1 Å². The lowest BCUT2D eigenvalue weighted by molar-refractivity contribution is -0.113. The van der Waals surface area contributed by atoms with Gasteiger partial charge in [0.05, 0.1) is 17.0 Å². The fourth-order valence-corrected chi connectivity index (χ4v) is 3.00. The van der Waals surface area contributed by atoms with Gasteiger partial charge in [0.2, 0.25) is 11.1 Å². The Balaban J connectivity index is 1.63. The van der Waals surface area contributed by atoms with Crippen LogP contribution in [0.15, 0.2) is 47.6 Å². The van der Waals surface area contributed by atoms with Crippen molar-refractivity contribution in [3.8, 4) is 5.69 Å². The summed E-state index contributed by atoms with van der Waals surface area (Å²) < 4.78 is 1.59. The molecule has 0 unspecified atom stereocenters. The Morgan fingerprint density at radius 3 is 2.52 bits per heavy atom. The van der Waals surface area contributed by atoms with Crippen LogP contribution in [0.1, 0.15) is 21.5 Å². The van der Waals surface area contributed by atoms with E-state index in [2.05, 4.69) is 20.8 Å². The molecule has 2 aromatic carbocycles. The molecule has 0 saturated carbocycles. The highest BCUT2D eigenvalue weighted by molar-refractivity contribution is 7.99. The van der Waals surface area contributed by atoms with Crippen LogP contribution >= 0.6 is 11.8 Å². The molecule has 1 amide bonds. The molecule has 0 atom stereocenters. The number of aromatic carboxylic acids is 1. The highest BCUT2D eigenvalue weighted by Crippen LogP contribution is 2.20. The Hall–Kier alpha value is -3.20. The maximum atomic E-state index is 12.1. The minimum atomic E-state index is -1.01. The van der Waals surface area contributed by atoms with Crippen LogP contribution in [0.25, 0.3) is 5.69 Å². The molecule has 3 rings (SSSR count). The second-order valence-electron chi connectivity index (χ2n) is 5.86. The molecular formula is C18H17N5O3S. The summed E-state index contributed by atoms with van der Waals surface area (Å²) in [4.78, 5) is 23.0. The second-order valence-corrected chi connectivity index (χ2v) is 6.80. The first-order chi connectivity index (χ1) is 12.9. The predicted octanol–water partition coefficient (Wildman–Crippen LogP) is 2.71. The quantitative estimate of drug-likeness (QED) is 0.630. The first-order valence-corrected chi connectivity index (χ1v) is 9.04. The Labute approximate surface area is 159 Å². The molecule has 0 fully saturated rings. The first-order valence-electron chi connectivity index (χ1n) is 8.06. The summed E-state index contributed by atoms with van der Waals surface area (Å²) in [6.45, 7) is 4.04. The summed E-state index contributed by atoms with van der Waals surface area (Å²) in [5, 5.41) is 23.8. The van der Waals surface area contributed by atoms with Crippen molar-refractivity contribution in [2.45, 2.75) is 19.0 Å². The number of hydrogen-bond acceptors (Lipinski definition) is 6. The van der Waals surface area contributed by atoms with Crippen LogP contribution in [0, 0.1) is 13.8 Å². The van der Waals surface area contributed by atoms with Gasteiger partial charge in [-0.1, -0.05) is 17.8 Å². The van der Waals surface area contributed by atoms with E-state index in [0.29, 0.717) is 10.8 Å². The first kappa shape index (κ1) is 18.6. The highest BCUT2D eigenvalue weighted by Gasteiger charge is 2.12. The number of hydrogen-bond donors (Lipinski definition) is 2. The second kappa shape index (κ2) is 8.00. The summed E-state index contributed by atoms with van der Waals surface area (Å²) in [7, 11) is 0. The van der Waals surface area contributed by atoms with Crippen molar-refractivity contribution in [3.05, 3.63) is 59.2 Å². The number of nitrogens with one attached hydrogen (secondary N) is 1. The van der Waals surface area contributed by atoms with E-state index in [-0.39, 0.29) is 17.2 Å². The summed E-state index contributed by atoms with van der Waals surface area (Å²) >= 11 is 1.21. The fraction of sp³-hybridized carbons (Fsp3) is 0.167. The average Bonchev–Trinajstić information content (AvgIpc) is 3.11. The van der Waals surface area contributed by atoms with Gasteiger partial charge >= 0.3 is 5.97 Å². The maximum Gasteiger partial charge on any atom is 0.335 e. The molecule has 9 heteroatoms. The predicted molar refractivity (Wildman–Crippen MR) is 101 cm³/mol. The lowest BCUT2D eigenvalue weighted by Crippen LogP contribution is -2.14. The van der Waals surface area contributed by atoms with Gasteiger partial charge in [-0.25, -0.2) is 4.79 Å². The van der Waals surface area contributed by atoms with E-state index in [1.54, 1.807) is 16.8 Å². The van der Waals surface area contributed by atoms with E-state index in [1.165, 1.54) is 29.5 Å². The van der Waals surface area contributed by atoms with Crippen molar-refractivity contribution in [2.24, 2.45) is 0 Å². The summed E-state index contributed by atoms with van der Waals surface area (Å²) in [5.41, 5.74) is 3.82. The Kier molecular flexibility index (Phi) is 5.51. The molecule has 138 valence electrons.